The minimum absolute atomic E-state index is 0.00389. The normalized spacial score (nSPS) is 10.4. The van der Waals surface area contributed by atoms with Gasteiger partial charge in [-0.05, 0) is 18.2 Å². The third kappa shape index (κ3) is 2.85. The third-order valence-corrected chi connectivity index (χ3v) is 2.82. The number of anilines is 2. The molecular weight excluding hydrogens is 293 g/mol. The molecule has 0 aliphatic carbocycles. The fourth-order valence-electron chi connectivity index (χ4n) is 1.52. The molecule has 20 heavy (non-hydrogen) atoms. The molecule has 0 spiro atoms. The van der Waals surface area contributed by atoms with Gasteiger partial charge in [-0.2, -0.15) is 0 Å². The van der Waals surface area contributed by atoms with E-state index in [4.69, 9.17) is 17.3 Å². The minimum atomic E-state index is -1.34. The van der Waals surface area contributed by atoms with Gasteiger partial charge in [-0.1, -0.05) is 11.6 Å². The van der Waals surface area contributed by atoms with Crippen LogP contribution in [-0.4, -0.2) is 5.91 Å². The summed E-state index contributed by atoms with van der Waals surface area (Å²) in [5.41, 5.74) is 5.30. The molecule has 2 aromatic carbocycles. The van der Waals surface area contributed by atoms with Crippen LogP contribution < -0.4 is 11.1 Å². The SMILES string of the molecule is Nc1ccc(Cl)c(C(=O)Nc2cc(F)c(F)cc2F)c1. The summed E-state index contributed by atoms with van der Waals surface area (Å²) in [5.74, 6) is -4.51. The summed E-state index contributed by atoms with van der Waals surface area (Å²) in [4.78, 5) is 11.9. The van der Waals surface area contributed by atoms with Crippen LogP contribution in [0.5, 0.6) is 0 Å². The second-order valence-corrected chi connectivity index (χ2v) is 4.35. The summed E-state index contributed by atoms with van der Waals surface area (Å²) in [6.07, 6.45) is 0. The molecule has 0 heterocycles. The van der Waals surface area contributed by atoms with Crippen LogP contribution in [0.15, 0.2) is 30.3 Å². The van der Waals surface area contributed by atoms with Crippen molar-refractivity contribution in [2.45, 2.75) is 0 Å². The van der Waals surface area contributed by atoms with Crippen molar-refractivity contribution < 1.29 is 18.0 Å². The van der Waals surface area contributed by atoms with Crippen LogP contribution in [0.4, 0.5) is 24.5 Å². The number of carbonyl (C=O) groups is 1. The fourth-order valence-corrected chi connectivity index (χ4v) is 1.73. The van der Waals surface area contributed by atoms with Gasteiger partial charge in [0.1, 0.15) is 5.82 Å². The van der Waals surface area contributed by atoms with E-state index in [1.54, 1.807) is 0 Å². The van der Waals surface area contributed by atoms with Crippen LogP contribution in [0.3, 0.4) is 0 Å². The monoisotopic (exact) mass is 300 g/mol. The van der Waals surface area contributed by atoms with Gasteiger partial charge >= 0.3 is 0 Å². The largest absolute Gasteiger partial charge is 0.399 e. The van der Waals surface area contributed by atoms with E-state index < -0.39 is 29.0 Å². The number of hydrogen-bond acceptors (Lipinski definition) is 2. The van der Waals surface area contributed by atoms with Gasteiger partial charge in [0.15, 0.2) is 11.6 Å². The smallest absolute Gasteiger partial charge is 0.257 e. The highest BCUT2D eigenvalue weighted by Gasteiger charge is 2.15. The first-order valence-corrected chi connectivity index (χ1v) is 5.77. The Hall–Kier alpha value is -2.21. The molecule has 0 aliphatic heterocycles. The summed E-state index contributed by atoms with van der Waals surface area (Å²) in [7, 11) is 0. The molecule has 0 aliphatic rings. The summed E-state index contributed by atoms with van der Waals surface area (Å²) in [6.45, 7) is 0. The van der Waals surface area contributed by atoms with E-state index in [1.165, 1.54) is 18.2 Å². The Morgan fingerprint density at radius 2 is 1.70 bits per heavy atom. The zero-order valence-corrected chi connectivity index (χ0v) is 10.6. The van der Waals surface area contributed by atoms with Crippen LogP contribution in [0.2, 0.25) is 5.02 Å². The van der Waals surface area contributed by atoms with E-state index in [2.05, 4.69) is 5.32 Å². The van der Waals surface area contributed by atoms with Gasteiger partial charge in [-0.3, -0.25) is 4.79 Å². The van der Waals surface area contributed by atoms with Gasteiger partial charge in [0.05, 0.1) is 16.3 Å². The molecule has 0 aromatic heterocycles. The Labute approximate surface area is 117 Å². The van der Waals surface area contributed by atoms with Gasteiger partial charge in [-0.25, -0.2) is 13.2 Å². The first-order chi connectivity index (χ1) is 9.38. The Kier molecular flexibility index (Phi) is 3.85. The molecule has 7 heteroatoms. The van der Waals surface area contributed by atoms with E-state index in [0.717, 1.165) is 0 Å². The summed E-state index contributed by atoms with van der Waals surface area (Å²) in [5, 5.41) is 2.20. The molecule has 0 atom stereocenters. The lowest BCUT2D eigenvalue weighted by molar-refractivity contribution is 0.102. The average Bonchev–Trinajstić information content (AvgIpc) is 2.38. The average molecular weight is 301 g/mol. The molecule has 1 amide bonds. The Balaban J connectivity index is 2.32. The number of hydrogen-bond donors (Lipinski definition) is 2. The van der Waals surface area contributed by atoms with Gasteiger partial charge in [0.2, 0.25) is 0 Å². The molecule has 0 fully saturated rings. The zero-order chi connectivity index (χ0) is 14.9. The molecule has 0 saturated carbocycles. The summed E-state index contributed by atoms with van der Waals surface area (Å²) >= 11 is 5.81. The predicted molar refractivity (Wildman–Crippen MR) is 70.1 cm³/mol. The van der Waals surface area contributed by atoms with Gasteiger partial charge in [-0.15, -0.1) is 0 Å². The number of nitrogens with two attached hydrogens (primary N) is 1. The van der Waals surface area contributed by atoms with Crippen LogP contribution in [0, 0.1) is 17.5 Å². The lowest BCUT2D eigenvalue weighted by Crippen LogP contribution is -2.14. The van der Waals surface area contributed by atoms with Crippen molar-refractivity contribution in [1.29, 1.82) is 0 Å². The highest BCUT2D eigenvalue weighted by atomic mass is 35.5. The van der Waals surface area contributed by atoms with Crippen LogP contribution >= 0.6 is 11.6 Å². The van der Waals surface area contributed by atoms with Crippen molar-refractivity contribution in [3.8, 4) is 0 Å². The maximum atomic E-state index is 13.4. The molecule has 2 rings (SSSR count). The second-order valence-electron chi connectivity index (χ2n) is 3.94. The summed E-state index contributed by atoms with van der Waals surface area (Å²) < 4.78 is 39.2. The molecule has 104 valence electrons. The molecule has 0 radical (unpaired) electrons. The third-order valence-electron chi connectivity index (χ3n) is 2.49. The molecule has 3 N–H and O–H groups in total. The number of nitrogens with one attached hydrogen (secondary N) is 1. The van der Waals surface area contributed by atoms with E-state index >= 15 is 0 Å². The maximum Gasteiger partial charge on any atom is 0.257 e. The van der Waals surface area contributed by atoms with E-state index in [0.29, 0.717) is 12.1 Å². The number of halogens is 4. The number of benzene rings is 2. The van der Waals surface area contributed by atoms with E-state index in [-0.39, 0.29) is 16.3 Å². The molecule has 2 aromatic rings. The molecule has 0 unspecified atom stereocenters. The van der Waals surface area contributed by atoms with E-state index in [9.17, 15) is 18.0 Å². The minimum Gasteiger partial charge on any atom is -0.399 e. The quantitative estimate of drug-likeness (QED) is 0.658. The first kappa shape index (κ1) is 14.2. The van der Waals surface area contributed by atoms with Crippen molar-refractivity contribution in [1.82, 2.24) is 0 Å². The highest BCUT2D eigenvalue weighted by molar-refractivity contribution is 6.34. The van der Waals surface area contributed by atoms with Crippen molar-refractivity contribution in [2.75, 3.05) is 11.1 Å². The van der Waals surface area contributed by atoms with Gasteiger partial charge < -0.3 is 11.1 Å². The topological polar surface area (TPSA) is 55.1 Å². The molecular formula is C13H8ClF3N2O. The van der Waals surface area contributed by atoms with E-state index in [1.807, 2.05) is 0 Å². The molecule has 0 bridgehead atoms. The van der Waals surface area contributed by atoms with Crippen LogP contribution in [0.25, 0.3) is 0 Å². The van der Waals surface area contributed by atoms with Crippen LogP contribution in [-0.2, 0) is 0 Å². The maximum absolute atomic E-state index is 13.4. The Morgan fingerprint density at radius 3 is 2.40 bits per heavy atom. The van der Waals surface area contributed by atoms with Crippen molar-refractivity contribution in [3.63, 3.8) is 0 Å². The molecule has 0 saturated heterocycles. The summed E-state index contributed by atoms with van der Waals surface area (Å²) in [6, 6.07) is 5.05. The number of carbonyl (C=O) groups excluding carboxylic acids is 1. The standard InChI is InChI=1S/C13H8ClF3N2O/c14-8-2-1-6(18)3-7(8)13(20)19-12-5-10(16)9(15)4-11(12)17/h1-5H,18H2,(H,19,20). The lowest BCUT2D eigenvalue weighted by atomic mass is 10.2. The Bertz CT molecular complexity index is 692. The molecule has 3 nitrogen and oxygen atoms in total. The van der Waals surface area contributed by atoms with Crippen molar-refractivity contribution in [3.05, 3.63) is 58.4 Å². The number of rotatable bonds is 2. The second kappa shape index (κ2) is 5.42. The number of nitrogen functional groups attached to an aromatic ring is 1. The Morgan fingerprint density at radius 1 is 1.05 bits per heavy atom. The fraction of sp³-hybridized carbons (Fsp3) is 0. The lowest BCUT2D eigenvalue weighted by Gasteiger charge is -2.09. The zero-order valence-electron chi connectivity index (χ0n) is 9.88. The number of amides is 1. The highest BCUT2D eigenvalue weighted by Crippen LogP contribution is 2.23. The van der Waals surface area contributed by atoms with Gasteiger partial charge in [0.25, 0.3) is 5.91 Å². The van der Waals surface area contributed by atoms with Crippen molar-refractivity contribution >= 4 is 28.9 Å². The van der Waals surface area contributed by atoms with Gasteiger partial charge in [0, 0.05) is 17.8 Å². The van der Waals surface area contributed by atoms with Crippen molar-refractivity contribution in [2.24, 2.45) is 0 Å². The predicted octanol–water partition coefficient (Wildman–Crippen LogP) is 3.59. The first-order valence-electron chi connectivity index (χ1n) is 5.39. The van der Waals surface area contributed by atoms with Crippen LogP contribution in [0.1, 0.15) is 10.4 Å².